The lowest BCUT2D eigenvalue weighted by Gasteiger charge is -2.21. The van der Waals surface area contributed by atoms with Gasteiger partial charge in [-0.15, -0.1) is 0 Å². The van der Waals surface area contributed by atoms with Crippen molar-refractivity contribution in [2.24, 2.45) is 0 Å². The molecule has 2 heteroatoms. The van der Waals surface area contributed by atoms with Gasteiger partial charge in [0.1, 0.15) is 0 Å². The summed E-state index contributed by atoms with van der Waals surface area (Å²) in [6.45, 7) is 2.64. The quantitative estimate of drug-likeness (QED) is 0.676. The van der Waals surface area contributed by atoms with Crippen LogP contribution in [0.3, 0.4) is 0 Å². The van der Waals surface area contributed by atoms with E-state index in [1.54, 1.807) is 0 Å². The van der Waals surface area contributed by atoms with E-state index in [0.29, 0.717) is 12.6 Å². The highest BCUT2D eigenvalue weighted by molar-refractivity contribution is 5.15. The molecule has 0 spiro atoms. The average Bonchev–Trinajstić information content (AvgIpc) is 2.19. The smallest absolute Gasteiger partial charge is 0.0865 e. The van der Waals surface area contributed by atoms with Gasteiger partial charge in [-0.2, -0.15) is 5.26 Å². The molecular weight excluding hydrogens is 172 g/mol. The Balaban J connectivity index is 2.49. The van der Waals surface area contributed by atoms with Crippen LogP contribution in [-0.4, -0.2) is 24.5 Å². The number of rotatable bonds is 4. The molecule has 0 amide bonds. The predicted molar refractivity (Wildman–Crippen MR) is 57.9 cm³/mol. The third kappa shape index (κ3) is 3.20. The molecule has 14 heavy (non-hydrogen) atoms. The van der Waals surface area contributed by atoms with E-state index in [-0.39, 0.29) is 0 Å². The molecule has 0 unspecified atom stereocenters. The maximum absolute atomic E-state index is 8.56. The van der Waals surface area contributed by atoms with E-state index in [0.717, 1.165) is 6.42 Å². The molecule has 0 radical (unpaired) electrons. The highest BCUT2D eigenvalue weighted by Gasteiger charge is 2.08. The first-order chi connectivity index (χ1) is 6.74. The maximum Gasteiger partial charge on any atom is 0.0865 e. The van der Waals surface area contributed by atoms with Gasteiger partial charge >= 0.3 is 0 Å². The third-order valence-corrected chi connectivity index (χ3v) is 2.45. The van der Waals surface area contributed by atoms with Gasteiger partial charge in [-0.25, -0.2) is 0 Å². The Morgan fingerprint density at radius 1 is 1.36 bits per heavy atom. The molecule has 1 aromatic rings. The summed E-state index contributed by atoms with van der Waals surface area (Å²) < 4.78 is 0. The molecular formula is C12H16N2. The van der Waals surface area contributed by atoms with Crippen molar-refractivity contribution < 1.29 is 0 Å². The Hall–Kier alpha value is -1.33. The standard InChI is InChI=1S/C12H16N2/c1-11(14(2)9-8-13)10-12-6-4-3-5-7-12/h3-7,11H,9-10H2,1-2H3/t11-/m1/s1. The minimum atomic E-state index is 0.414. The molecule has 0 aliphatic carbocycles. The number of benzene rings is 1. The maximum atomic E-state index is 8.56. The van der Waals surface area contributed by atoms with Crippen molar-refractivity contribution in [3.05, 3.63) is 35.9 Å². The van der Waals surface area contributed by atoms with Crippen LogP contribution in [0.2, 0.25) is 0 Å². The summed E-state index contributed by atoms with van der Waals surface area (Å²) in [5.41, 5.74) is 1.32. The van der Waals surface area contributed by atoms with E-state index in [4.69, 9.17) is 5.26 Å². The minimum Gasteiger partial charge on any atom is -0.291 e. The van der Waals surface area contributed by atoms with E-state index in [1.165, 1.54) is 5.56 Å². The monoisotopic (exact) mass is 188 g/mol. The van der Waals surface area contributed by atoms with Crippen molar-refractivity contribution in [2.75, 3.05) is 13.6 Å². The Bertz CT molecular complexity index is 300. The fourth-order valence-corrected chi connectivity index (χ4v) is 1.38. The largest absolute Gasteiger partial charge is 0.291 e. The van der Waals surface area contributed by atoms with Crippen LogP contribution < -0.4 is 0 Å². The number of nitrogens with zero attached hydrogens (tertiary/aromatic N) is 2. The van der Waals surface area contributed by atoms with Gasteiger partial charge in [-0.3, -0.25) is 4.90 Å². The van der Waals surface area contributed by atoms with Crippen LogP contribution in [0.5, 0.6) is 0 Å². The fraction of sp³-hybridized carbons (Fsp3) is 0.417. The molecule has 1 aromatic carbocycles. The molecule has 1 rings (SSSR count). The summed E-state index contributed by atoms with van der Waals surface area (Å²) in [5, 5.41) is 8.56. The number of likely N-dealkylation sites (N-methyl/N-ethyl adjacent to an activating group) is 1. The second kappa shape index (κ2) is 5.41. The lowest BCUT2D eigenvalue weighted by Crippen LogP contribution is -2.31. The lowest BCUT2D eigenvalue weighted by atomic mass is 10.1. The third-order valence-electron chi connectivity index (χ3n) is 2.45. The zero-order valence-corrected chi connectivity index (χ0v) is 8.77. The van der Waals surface area contributed by atoms with Crippen LogP contribution >= 0.6 is 0 Å². The molecule has 0 aliphatic rings. The first kappa shape index (κ1) is 10.7. The molecule has 0 aromatic heterocycles. The van der Waals surface area contributed by atoms with E-state index in [1.807, 2.05) is 25.2 Å². The van der Waals surface area contributed by atoms with E-state index in [9.17, 15) is 0 Å². The molecule has 1 atom stereocenters. The van der Waals surface area contributed by atoms with Crippen molar-refractivity contribution in [3.8, 4) is 6.07 Å². The summed E-state index contributed by atoms with van der Waals surface area (Å²) in [5.74, 6) is 0. The molecule has 0 saturated heterocycles. The summed E-state index contributed by atoms with van der Waals surface area (Å²) >= 11 is 0. The first-order valence-electron chi connectivity index (χ1n) is 4.85. The van der Waals surface area contributed by atoms with Crippen LogP contribution in [0.1, 0.15) is 12.5 Å². The number of hydrogen-bond donors (Lipinski definition) is 0. The summed E-state index contributed by atoms with van der Waals surface area (Å²) in [6, 6.07) is 12.9. The Morgan fingerprint density at radius 2 is 2.00 bits per heavy atom. The highest BCUT2D eigenvalue weighted by atomic mass is 15.1. The SMILES string of the molecule is C[C@H](Cc1ccccc1)N(C)CC#N. The first-order valence-corrected chi connectivity index (χ1v) is 4.85. The van der Waals surface area contributed by atoms with Gasteiger partial charge < -0.3 is 0 Å². The average molecular weight is 188 g/mol. The normalized spacial score (nSPS) is 12.4. The van der Waals surface area contributed by atoms with Gasteiger partial charge in [0.15, 0.2) is 0 Å². The number of hydrogen-bond acceptors (Lipinski definition) is 2. The van der Waals surface area contributed by atoms with Gasteiger partial charge in [-0.1, -0.05) is 30.3 Å². The summed E-state index contributed by atoms with van der Waals surface area (Å²) in [4.78, 5) is 2.06. The van der Waals surface area contributed by atoms with Gasteiger partial charge in [0.2, 0.25) is 0 Å². The molecule has 0 saturated carbocycles. The molecule has 2 nitrogen and oxygen atoms in total. The summed E-state index contributed by atoms with van der Waals surface area (Å²) in [7, 11) is 1.98. The lowest BCUT2D eigenvalue weighted by molar-refractivity contribution is 0.286. The van der Waals surface area contributed by atoms with Gasteiger partial charge in [0.05, 0.1) is 12.6 Å². The van der Waals surface area contributed by atoms with E-state index in [2.05, 4.69) is 30.0 Å². The molecule has 0 aliphatic heterocycles. The van der Waals surface area contributed by atoms with Gasteiger partial charge in [0.25, 0.3) is 0 Å². The van der Waals surface area contributed by atoms with Crippen molar-refractivity contribution >= 4 is 0 Å². The van der Waals surface area contributed by atoms with Crippen LogP contribution in [0.4, 0.5) is 0 Å². The van der Waals surface area contributed by atoms with Crippen molar-refractivity contribution in [1.29, 1.82) is 5.26 Å². The Labute approximate surface area is 85.8 Å². The number of nitriles is 1. The zero-order valence-electron chi connectivity index (χ0n) is 8.77. The molecule has 0 heterocycles. The fourth-order valence-electron chi connectivity index (χ4n) is 1.38. The molecule has 0 N–H and O–H groups in total. The van der Waals surface area contributed by atoms with Crippen LogP contribution in [-0.2, 0) is 6.42 Å². The second-order valence-electron chi connectivity index (χ2n) is 3.61. The second-order valence-corrected chi connectivity index (χ2v) is 3.61. The topological polar surface area (TPSA) is 27.0 Å². The van der Waals surface area contributed by atoms with Crippen LogP contribution in [0.15, 0.2) is 30.3 Å². The molecule has 0 bridgehead atoms. The van der Waals surface area contributed by atoms with Crippen molar-refractivity contribution in [2.45, 2.75) is 19.4 Å². The molecule has 0 fully saturated rings. The summed E-state index contributed by atoms with van der Waals surface area (Å²) in [6.07, 6.45) is 0.999. The molecule has 74 valence electrons. The predicted octanol–water partition coefficient (Wildman–Crippen LogP) is 2.07. The van der Waals surface area contributed by atoms with E-state index >= 15 is 0 Å². The van der Waals surface area contributed by atoms with Crippen molar-refractivity contribution in [1.82, 2.24) is 4.90 Å². The van der Waals surface area contributed by atoms with Gasteiger partial charge in [-0.05, 0) is 26.0 Å². The van der Waals surface area contributed by atoms with Crippen molar-refractivity contribution in [3.63, 3.8) is 0 Å². The van der Waals surface area contributed by atoms with E-state index < -0.39 is 0 Å². The zero-order chi connectivity index (χ0) is 10.4. The highest BCUT2D eigenvalue weighted by Crippen LogP contribution is 2.06. The van der Waals surface area contributed by atoms with Crippen LogP contribution in [0.25, 0.3) is 0 Å². The minimum absolute atomic E-state index is 0.414. The van der Waals surface area contributed by atoms with Crippen LogP contribution in [0, 0.1) is 11.3 Å². The Kier molecular flexibility index (Phi) is 4.15. The Morgan fingerprint density at radius 3 is 2.57 bits per heavy atom. The van der Waals surface area contributed by atoms with Gasteiger partial charge in [0, 0.05) is 6.04 Å².